The van der Waals surface area contributed by atoms with Crippen molar-refractivity contribution < 1.29 is 4.74 Å². The number of pyridine rings is 1. The summed E-state index contributed by atoms with van der Waals surface area (Å²) >= 11 is 2.10. The minimum Gasteiger partial charge on any atom is -0.371 e. The lowest BCUT2D eigenvalue weighted by atomic mass is 9.92. The van der Waals surface area contributed by atoms with Gasteiger partial charge < -0.3 is 9.72 Å². The Kier molecular flexibility index (Phi) is 4.23. The first-order valence-electron chi connectivity index (χ1n) is 9.23. The Morgan fingerprint density at radius 2 is 2.15 bits per heavy atom. The van der Waals surface area contributed by atoms with E-state index in [4.69, 9.17) is 4.74 Å². The summed E-state index contributed by atoms with van der Waals surface area (Å²) in [4.78, 5) is 10.2. The van der Waals surface area contributed by atoms with Gasteiger partial charge >= 0.3 is 0 Å². The van der Waals surface area contributed by atoms with Crippen molar-refractivity contribution in [1.29, 1.82) is 0 Å². The molecule has 0 amide bonds. The number of benzene rings is 1. The van der Waals surface area contributed by atoms with Crippen molar-refractivity contribution in [3.63, 3.8) is 0 Å². The highest BCUT2D eigenvalue weighted by Gasteiger charge is 2.49. The van der Waals surface area contributed by atoms with Crippen molar-refractivity contribution in [3.05, 3.63) is 66.1 Å². The van der Waals surface area contributed by atoms with Gasteiger partial charge in [0.1, 0.15) is 0 Å². The van der Waals surface area contributed by atoms with Crippen LogP contribution in [0.15, 0.2) is 54.9 Å². The van der Waals surface area contributed by atoms with Crippen LogP contribution >= 0.6 is 11.8 Å². The Balaban J connectivity index is 1.15. The fourth-order valence-electron chi connectivity index (χ4n) is 4.23. The number of likely N-dealkylation sites (tertiary alicyclic amines) is 1. The largest absolute Gasteiger partial charge is 0.371 e. The highest BCUT2D eigenvalue weighted by Crippen LogP contribution is 2.46. The van der Waals surface area contributed by atoms with Crippen LogP contribution in [0.3, 0.4) is 0 Å². The van der Waals surface area contributed by atoms with Crippen LogP contribution in [-0.4, -0.2) is 44.6 Å². The third-order valence-electron chi connectivity index (χ3n) is 5.47. The number of H-pyrrole nitrogens is 1. The Morgan fingerprint density at radius 1 is 1.19 bits per heavy atom. The predicted molar refractivity (Wildman–Crippen MR) is 106 cm³/mol. The average Bonchev–Trinajstić information content (AvgIpc) is 3.28. The topological polar surface area (TPSA) is 41.1 Å². The van der Waals surface area contributed by atoms with Crippen LogP contribution in [0.1, 0.15) is 17.7 Å². The Morgan fingerprint density at radius 3 is 3.04 bits per heavy atom. The lowest BCUT2D eigenvalue weighted by Gasteiger charge is -2.47. The van der Waals surface area contributed by atoms with E-state index < -0.39 is 0 Å². The van der Waals surface area contributed by atoms with Gasteiger partial charge in [-0.2, -0.15) is 0 Å². The van der Waals surface area contributed by atoms with E-state index in [-0.39, 0.29) is 0 Å². The Hall–Kier alpha value is -1.82. The van der Waals surface area contributed by atoms with E-state index in [0.29, 0.717) is 17.5 Å². The van der Waals surface area contributed by atoms with E-state index in [9.17, 15) is 0 Å². The maximum atomic E-state index is 6.11. The maximum absolute atomic E-state index is 6.11. The molecule has 0 bridgehead atoms. The molecule has 5 rings (SSSR count). The molecule has 4 heterocycles. The van der Waals surface area contributed by atoms with Crippen LogP contribution in [0, 0.1) is 0 Å². The zero-order valence-electron chi connectivity index (χ0n) is 14.7. The molecule has 4 nitrogen and oxygen atoms in total. The number of aromatic nitrogens is 2. The number of rotatable bonds is 5. The highest BCUT2D eigenvalue weighted by atomic mass is 32.2. The zero-order valence-corrected chi connectivity index (χ0v) is 15.5. The summed E-state index contributed by atoms with van der Waals surface area (Å²) in [5.41, 5.74) is 3.67. The van der Waals surface area contributed by atoms with Gasteiger partial charge in [-0.15, -0.1) is 11.8 Å². The molecule has 2 fully saturated rings. The number of nitrogens with zero attached hydrogens (tertiary/aromatic N) is 2. The molecule has 0 radical (unpaired) electrons. The smallest absolute Gasteiger partial charge is 0.0892 e. The number of hydrogen-bond acceptors (Lipinski definition) is 4. The Labute approximate surface area is 158 Å². The molecule has 2 aliphatic rings. The third-order valence-corrected chi connectivity index (χ3v) is 7.05. The third kappa shape index (κ3) is 3.15. The SMILES string of the molecule is c1ccc(CO[C@H]2CSC3(C2)CN(Cc2cccc4[nH]ccc24)C3)nc1. The van der Waals surface area contributed by atoms with Gasteiger partial charge in [-0.3, -0.25) is 9.88 Å². The lowest BCUT2D eigenvalue weighted by Crippen LogP contribution is -2.58. The molecule has 0 aliphatic carbocycles. The molecule has 1 atom stereocenters. The van der Waals surface area contributed by atoms with Crippen LogP contribution in [0.5, 0.6) is 0 Å². The van der Waals surface area contributed by atoms with Crippen molar-refractivity contribution in [3.8, 4) is 0 Å². The minimum absolute atomic E-state index is 0.359. The molecular weight excluding hydrogens is 342 g/mol. The quantitative estimate of drug-likeness (QED) is 0.746. The van der Waals surface area contributed by atoms with Gasteiger partial charge in [0.15, 0.2) is 0 Å². The molecule has 0 unspecified atom stereocenters. The predicted octanol–water partition coefficient (Wildman–Crippen LogP) is 3.84. The number of hydrogen-bond donors (Lipinski definition) is 1. The molecule has 3 aromatic rings. The second-order valence-corrected chi connectivity index (χ2v) is 8.94. The average molecular weight is 366 g/mol. The molecule has 1 spiro atoms. The summed E-state index contributed by atoms with van der Waals surface area (Å²) in [5, 5.41) is 1.35. The molecule has 0 saturated carbocycles. The highest BCUT2D eigenvalue weighted by molar-refractivity contribution is 8.01. The molecule has 134 valence electrons. The summed E-state index contributed by atoms with van der Waals surface area (Å²) in [5.74, 6) is 1.11. The second-order valence-electron chi connectivity index (χ2n) is 7.45. The summed E-state index contributed by atoms with van der Waals surface area (Å²) < 4.78 is 6.52. The van der Waals surface area contributed by atoms with Gasteiger partial charge in [0.25, 0.3) is 0 Å². The van der Waals surface area contributed by atoms with Crippen LogP contribution in [0.4, 0.5) is 0 Å². The maximum Gasteiger partial charge on any atom is 0.0892 e. The van der Waals surface area contributed by atoms with Gasteiger partial charge in [0, 0.05) is 53.4 Å². The monoisotopic (exact) mass is 365 g/mol. The molecule has 5 heteroatoms. The molecular formula is C21H23N3OS. The van der Waals surface area contributed by atoms with Gasteiger partial charge in [0.05, 0.1) is 18.4 Å². The fraction of sp³-hybridized carbons (Fsp3) is 0.381. The van der Waals surface area contributed by atoms with Crippen molar-refractivity contribution in [1.82, 2.24) is 14.9 Å². The molecule has 2 aliphatic heterocycles. The first kappa shape index (κ1) is 16.4. The van der Waals surface area contributed by atoms with E-state index in [1.165, 1.54) is 29.6 Å². The van der Waals surface area contributed by atoms with Gasteiger partial charge in [-0.1, -0.05) is 18.2 Å². The van der Waals surface area contributed by atoms with Crippen molar-refractivity contribution in [2.45, 2.75) is 30.4 Å². The van der Waals surface area contributed by atoms with Crippen LogP contribution in [-0.2, 0) is 17.9 Å². The summed E-state index contributed by atoms with van der Waals surface area (Å²) in [7, 11) is 0. The van der Waals surface area contributed by atoms with E-state index >= 15 is 0 Å². The van der Waals surface area contributed by atoms with E-state index in [2.05, 4.69) is 50.9 Å². The standard InChI is InChI=1S/C21H23N3OS/c1-2-8-22-17(5-1)12-25-18-10-21(26-13-18)14-24(15-21)11-16-4-3-6-20-19(16)7-9-23-20/h1-9,18,23H,10-15H2/t18-/m1/s1. The summed E-state index contributed by atoms with van der Waals surface area (Å²) in [6.45, 7) is 4.00. The summed E-state index contributed by atoms with van der Waals surface area (Å²) in [6.07, 6.45) is 5.38. The van der Waals surface area contributed by atoms with Crippen molar-refractivity contribution in [2.24, 2.45) is 0 Å². The molecule has 26 heavy (non-hydrogen) atoms. The summed E-state index contributed by atoms with van der Waals surface area (Å²) in [6, 6.07) is 14.7. The molecule has 1 aromatic carbocycles. The number of nitrogens with one attached hydrogen (secondary N) is 1. The van der Waals surface area contributed by atoms with Crippen LogP contribution in [0.2, 0.25) is 0 Å². The normalized spacial score (nSPS) is 22.1. The van der Waals surface area contributed by atoms with Gasteiger partial charge in [-0.25, -0.2) is 0 Å². The number of aromatic amines is 1. The zero-order chi connectivity index (χ0) is 17.4. The molecule has 2 saturated heterocycles. The fourth-order valence-corrected chi connectivity index (χ4v) is 5.83. The lowest BCUT2D eigenvalue weighted by molar-refractivity contribution is 0.0252. The number of thioether (sulfide) groups is 1. The molecule has 2 aromatic heterocycles. The Bertz CT molecular complexity index is 888. The minimum atomic E-state index is 0.359. The van der Waals surface area contributed by atoms with Crippen molar-refractivity contribution >= 4 is 22.7 Å². The van der Waals surface area contributed by atoms with E-state index in [1.807, 2.05) is 30.6 Å². The van der Waals surface area contributed by atoms with Crippen molar-refractivity contribution in [2.75, 3.05) is 18.8 Å². The molecule has 1 N–H and O–H groups in total. The van der Waals surface area contributed by atoms with E-state index in [0.717, 1.165) is 24.4 Å². The van der Waals surface area contributed by atoms with Gasteiger partial charge in [-0.05, 0) is 36.2 Å². The first-order valence-corrected chi connectivity index (χ1v) is 10.2. The first-order chi connectivity index (χ1) is 12.8. The second kappa shape index (κ2) is 6.72. The van der Waals surface area contributed by atoms with Gasteiger partial charge in [0.2, 0.25) is 0 Å². The van der Waals surface area contributed by atoms with Crippen LogP contribution < -0.4 is 0 Å². The number of fused-ring (bicyclic) bond motifs is 1. The number of ether oxygens (including phenoxy) is 1. The van der Waals surface area contributed by atoms with E-state index in [1.54, 1.807) is 0 Å². The van der Waals surface area contributed by atoms with Crippen LogP contribution in [0.25, 0.3) is 10.9 Å².